The van der Waals surface area contributed by atoms with E-state index >= 15 is 0 Å². The number of piperidine rings is 1. The van der Waals surface area contributed by atoms with E-state index in [4.69, 9.17) is 9.15 Å². The van der Waals surface area contributed by atoms with E-state index in [0.29, 0.717) is 42.8 Å². The highest BCUT2D eigenvalue weighted by Crippen LogP contribution is 2.29. The third kappa shape index (κ3) is 3.62. The summed E-state index contributed by atoms with van der Waals surface area (Å²) in [6, 6.07) is 5.45. The molecular weight excluding hydrogens is 320 g/mol. The first kappa shape index (κ1) is 17.3. The van der Waals surface area contributed by atoms with Gasteiger partial charge in [0, 0.05) is 30.6 Å². The Bertz CT molecular complexity index is 773. The lowest BCUT2D eigenvalue weighted by molar-refractivity contribution is -0.126. The number of fused-ring (bicyclic) bond motifs is 1. The Hall–Kier alpha value is -2.50. The van der Waals surface area contributed by atoms with Crippen LogP contribution in [0, 0.1) is 5.92 Å². The molecule has 1 aromatic heterocycles. The molecular formula is C19H24N2O4. The lowest BCUT2D eigenvalue weighted by Crippen LogP contribution is -2.44. The smallest absolute Gasteiger partial charge is 0.254 e. The van der Waals surface area contributed by atoms with Crippen LogP contribution < -0.4 is 10.1 Å². The highest BCUT2D eigenvalue weighted by molar-refractivity contribution is 5.99. The molecule has 0 aliphatic carbocycles. The molecule has 1 saturated heterocycles. The van der Waals surface area contributed by atoms with E-state index in [2.05, 4.69) is 5.32 Å². The maximum Gasteiger partial charge on any atom is 0.254 e. The normalized spacial score (nSPS) is 15.6. The number of amides is 2. The number of furan rings is 1. The number of likely N-dealkylation sites (tertiary alicyclic amines) is 1. The second-order valence-electron chi connectivity index (χ2n) is 6.74. The zero-order valence-electron chi connectivity index (χ0n) is 14.9. The molecule has 0 radical (unpaired) electrons. The molecule has 1 fully saturated rings. The van der Waals surface area contributed by atoms with E-state index in [1.807, 2.05) is 19.9 Å². The number of carbonyl (C=O) groups excluding carboxylic acids is 2. The molecule has 6 nitrogen and oxygen atoms in total. The standard InChI is InChI=1S/C19H24N2O4/c1-12(2)20-18(22)13-4-7-21(8-5-13)19(23)14-10-16(24-3)15-6-9-25-17(15)11-14/h6,9-13H,4-5,7-8H2,1-3H3,(H,20,22). The van der Waals surface area contributed by atoms with Crippen LogP contribution in [0.15, 0.2) is 28.9 Å². The van der Waals surface area contributed by atoms with Gasteiger partial charge < -0.3 is 19.4 Å². The summed E-state index contributed by atoms with van der Waals surface area (Å²) in [7, 11) is 1.58. The van der Waals surface area contributed by atoms with Crippen molar-refractivity contribution in [3.8, 4) is 5.75 Å². The first-order chi connectivity index (χ1) is 12.0. The van der Waals surface area contributed by atoms with Crippen LogP contribution in [0.5, 0.6) is 5.75 Å². The molecule has 1 aliphatic rings. The second-order valence-corrected chi connectivity index (χ2v) is 6.74. The van der Waals surface area contributed by atoms with E-state index < -0.39 is 0 Å². The lowest BCUT2D eigenvalue weighted by Gasteiger charge is -2.31. The number of ether oxygens (including phenoxy) is 1. The van der Waals surface area contributed by atoms with Gasteiger partial charge in [0.25, 0.3) is 5.91 Å². The van der Waals surface area contributed by atoms with Crippen molar-refractivity contribution in [2.24, 2.45) is 5.92 Å². The summed E-state index contributed by atoms with van der Waals surface area (Å²) in [6.07, 6.45) is 2.95. The van der Waals surface area contributed by atoms with Gasteiger partial charge in [-0.2, -0.15) is 0 Å². The quantitative estimate of drug-likeness (QED) is 0.926. The molecule has 0 saturated carbocycles. The van der Waals surface area contributed by atoms with Crippen LogP contribution in [-0.4, -0.2) is 43.0 Å². The molecule has 1 aliphatic heterocycles. The molecule has 2 aromatic rings. The van der Waals surface area contributed by atoms with Gasteiger partial charge in [0.1, 0.15) is 11.3 Å². The van der Waals surface area contributed by atoms with Gasteiger partial charge in [-0.1, -0.05) is 0 Å². The Morgan fingerprint density at radius 1 is 1.28 bits per heavy atom. The first-order valence-electron chi connectivity index (χ1n) is 8.64. The Balaban J connectivity index is 1.69. The predicted octanol–water partition coefficient (Wildman–Crippen LogP) is 2.82. The van der Waals surface area contributed by atoms with E-state index in [1.54, 1.807) is 30.4 Å². The molecule has 0 atom stereocenters. The Morgan fingerprint density at radius 2 is 2.00 bits per heavy atom. The van der Waals surface area contributed by atoms with Crippen LogP contribution in [0.2, 0.25) is 0 Å². The molecule has 2 heterocycles. The fourth-order valence-corrected chi connectivity index (χ4v) is 3.26. The van der Waals surface area contributed by atoms with Crippen molar-refractivity contribution >= 4 is 22.8 Å². The van der Waals surface area contributed by atoms with Crippen LogP contribution in [0.25, 0.3) is 11.0 Å². The Morgan fingerprint density at radius 3 is 2.64 bits per heavy atom. The van der Waals surface area contributed by atoms with E-state index in [-0.39, 0.29) is 23.8 Å². The molecule has 25 heavy (non-hydrogen) atoms. The summed E-state index contributed by atoms with van der Waals surface area (Å²) in [5.74, 6) is 0.634. The van der Waals surface area contributed by atoms with Gasteiger partial charge in [0.2, 0.25) is 5.91 Å². The summed E-state index contributed by atoms with van der Waals surface area (Å²) in [6.45, 7) is 5.06. The maximum absolute atomic E-state index is 12.8. The molecule has 0 spiro atoms. The second kappa shape index (κ2) is 7.17. The van der Waals surface area contributed by atoms with E-state index in [0.717, 1.165) is 5.39 Å². The van der Waals surface area contributed by atoms with E-state index in [9.17, 15) is 9.59 Å². The topological polar surface area (TPSA) is 71.8 Å². The van der Waals surface area contributed by atoms with Gasteiger partial charge in [-0.3, -0.25) is 9.59 Å². The average molecular weight is 344 g/mol. The van der Waals surface area contributed by atoms with Crippen molar-refractivity contribution in [3.63, 3.8) is 0 Å². The molecule has 1 aromatic carbocycles. The highest BCUT2D eigenvalue weighted by Gasteiger charge is 2.28. The Kier molecular flexibility index (Phi) is 4.97. The van der Waals surface area contributed by atoms with Crippen molar-refractivity contribution in [3.05, 3.63) is 30.0 Å². The van der Waals surface area contributed by atoms with Crippen LogP contribution >= 0.6 is 0 Å². The third-order valence-corrected chi connectivity index (χ3v) is 4.58. The number of nitrogens with zero attached hydrogens (tertiary/aromatic N) is 1. The van der Waals surface area contributed by atoms with Crippen LogP contribution in [0.1, 0.15) is 37.0 Å². The zero-order chi connectivity index (χ0) is 18.0. The van der Waals surface area contributed by atoms with Crippen LogP contribution in [0.3, 0.4) is 0 Å². The number of carbonyl (C=O) groups is 2. The monoisotopic (exact) mass is 344 g/mol. The first-order valence-corrected chi connectivity index (χ1v) is 8.64. The number of hydrogen-bond acceptors (Lipinski definition) is 4. The minimum atomic E-state index is -0.0562. The molecule has 1 N–H and O–H groups in total. The minimum absolute atomic E-state index is 0.0199. The number of benzene rings is 1. The molecule has 2 amide bonds. The SMILES string of the molecule is COc1cc(C(=O)N2CCC(C(=O)NC(C)C)CC2)cc2occc12. The van der Waals surface area contributed by atoms with Crippen molar-refractivity contribution in [1.82, 2.24) is 10.2 Å². The maximum atomic E-state index is 12.8. The molecule has 6 heteroatoms. The van der Waals surface area contributed by atoms with Gasteiger partial charge in [-0.25, -0.2) is 0 Å². The van der Waals surface area contributed by atoms with Crippen molar-refractivity contribution < 1.29 is 18.7 Å². The summed E-state index contributed by atoms with van der Waals surface area (Å²) in [5.41, 5.74) is 1.18. The van der Waals surface area contributed by atoms with Crippen LogP contribution in [-0.2, 0) is 4.79 Å². The molecule has 134 valence electrons. The molecule has 0 unspecified atom stereocenters. The number of nitrogens with one attached hydrogen (secondary N) is 1. The van der Waals surface area contributed by atoms with Gasteiger partial charge in [0.05, 0.1) is 18.8 Å². The fraction of sp³-hybridized carbons (Fsp3) is 0.474. The van der Waals surface area contributed by atoms with Crippen LogP contribution in [0.4, 0.5) is 0 Å². The third-order valence-electron chi connectivity index (χ3n) is 4.58. The van der Waals surface area contributed by atoms with Gasteiger partial charge in [0.15, 0.2) is 0 Å². The van der Waals surface area contributed by atoms with Crippen molar-refractivity contribution in [1.29, 1.82) is 0 Å². The van der Waals surface area contributed by atoms with Crippen molar-refractivity contribution in [2.45, 2.75) is 32.7 Å². The molecule has 0 bridgehead atoms. The lowest BCUT2D eigenvalue weighted by atomic mass is 9.95. The predicted molar refractivity (Wildman–Crippen MR) is 94.7 cm³/mol. The summed E-state index contributed by atoms with van der Waals surface area (Å²) >= 11 is 0. The zero-order valence-corrected chi connectivity index (χ0v) is 14.9. The van der Waals surface area contributed by atoms with Gasteiger partial charge in [-0.15, -0.1) is 0 Å². The largest absolute Gasteiger partial charge is 0.496 e. The Labute approximate surface area is 147 Å². The fourth-order valence-electron chi connectivity index (χ4n) is 3.26. The summed E-state index contributed by atoms with van der Waals surface area (Å²) in [5, 5.41) is 3.80. The number of methoxy groups -OCH3 is 1. The molecule has 3 rings (SSSR count). The number of rotatable bonds is 4. The van der Waals surface area contributed by atoms with Gasteiger partial charge >= 0.3 is 0 Å². The summed E-state index contributed by atoms with van der Waals surface area (Å²) in [4.78, 5) is 26.7. The number of hydrogen-bond donors (Lipinski definition) is 1. The van der Waals surface area contributed by atoms with Crippen molar-refractivity contribution in [2.75, 3.05) is 20.2 Å². The average Bonchev–Trinajstić information content (AvgIpc) is 3.08. The van der Waals surface area contributed by atoms with E-state index in [1.165, 1.54) is 0 Å². The van der Waals surface area contributed by atoms with Gasteiger partial charge in [-0.05, 0) is 44.9 Å². The highest BCUT2D eigenvalue weighted by atomic mass is 16.5. The minimum Gasteiger partial charge on any atom is -0.496 e. The summed E-state index contributed by atoms with van der Waals surface area (Å²) < 4.78 is 10.8.